The molecule has 0 aliphatic carbocycles. The van der Waals surface area contributed by atoms with Gasteiger partial charge in [-0.15, -0.1) is 0 Å². The molecule has 3 N–H and O–H groups in total. The van der Waals surface area contributed by atoms with Crippen LogP contribution in [0.1, 0.15) is 19.3 Å². The normalized spacial score (nSPS) is 10.9. The second kappa shape index (κ2) is 10.2. The molecule has 7 nitrogen and oxygen atoms in total. The van der Waals surface area contributed by atoms with Crippen LogP contribution in [-0.2, 0) is 4.79 Å². The SMILES string of the molecule is COc1cc(-c2cc(F)cc(F)c2)cc2c(NCCCCC(N)=O)nc(-c3cccnc3)nc12. The topological polar surface area (TPSA) is 103 Å². The lowest BCUT2D eigenvalue weighted by Gasteiger charge is -2.15. The van der Waals surface area contributed by atoms with Crippen LogP contribution in [0.3, 0.4) is 0 Å². The number of anilines is 1. The predicted molar refractivity (Wildman–Crippen MR) is 126 cm³/mol. The van der Waals surface area contributed by atoms with Crippen molar-refractivity contribution in [2.24, 2.45) is 5.73 Å². The highest BCUT2D eigenvalue weighted by Crippen LogP contribution is 2.36. The maximum absolute atomic E-state index is 13.9. The van der Waals surface area contributed by atoms with Gasteiger partial charge in [-0.1, -0.05) is 0 Å². The summed E-state index contributed by atoms with van der Waals surface area (Å²) in [6, 6.07) is 10.4. The van der Waals surface area contributed by atoms with Gasteiger partial charge in [0, 0.05) is 42.4 Å². The van der Waals surface area contributed by atoms with E-state index in [2.05, 4.69) is 15.3 Å². The van der Waals surface area contributed by atoms with E-state index in [9.17, 15) is 13.6 Å². The van der Waals surface area contributed by atoms with Crippen LogP contribution in [0.4, 0.5) is 14.6 Å². The quantitative estimate of drug-likeness (QED) is 0.349. The molecular formula is C25H23F2N5O2. The molecular weight excluding hydrogens is 440 g/mol. The number of nitrogens with two attached hydrogens (primary N) is 1. The van der Waals surface area contributed by atoms with Crippen LogP contribution in [0.25, 0.3) is 33.4 Å². The Morgan fingerprint density at radius 2 is 1.79 bits per heavy atom. The number of rotatable bonds is 9. The Hall–Kier alpha value is -4.14. The zero-order valence-corrected chi connectivity index (χ0v) is 18.5. The molecule has 0 bridgehead atoms. The minimum atomic E-state index is -0.676. The molecule has 2 heterocycles. The number of benzene rings is 2. The third kappa shape index (κ3) is 5.25. The number of hydrogen-bond donors (Lipinski definition) is 2. The highest BCUT2D eigenvalue weighted by molar-refractivity contribution is 5.97. The van der Waals surface area contributed by atoms with Gasteiger partial charge in [0.1, 0.15) is 28.7 Å². The minimum absolute atomic E-state index is 0.302. The number of unbranched alkanes of at least 4 members (excludes halogenated alkanes) is 1. The van der Waals surface area contributed by atoms with E-state index in [1.54, 1.807) is 30.6 Å². The van der Waals surface area contributed by atoms with Crippen molar-refractivity contribution in [1.82, 2.24) is 15.0 Å². The van der Waals surface area contributed by atoms with Crippen molar-refractivity contribution in [2.75, 3.05) is 19.0 Å². The summed E-state index contributed by atoms with van der Waals surface area (Å²) in [6.07, 6.45) is 4.96. The fourth-order valence-corrected chi connectivity index (χ4v) is 3.63. The van der Waals surface area contributed by atoms with Gasteiger partial charge in [0.2, 0.25) is 5.91 Å². The number of primary amides is 1. The lowest BCUT2D eigenvalue weighted by atomic mass is 10.0. The molecule has 9 heteroatoms. The molecule has 0 aliphatic rings. The van der Waals surface area contributed by atoms with Crippen molar-refractivity contribution in [1.29, 1.82) is 0 Å². The summed E-state index contributed by atoms with van der Waals surface area (Å²) in [4.78, 5) is 24.5. The summed E-state index contributed by atoms with van der Waals surface area (Å²) in [6.45, 7) is 0.535. The van der Waals surface area contributed by atoms with E-state index < -0.39 is 11.6 Å². The first-order chi connectivity index (χ1) is 16.4. The Bertz CT molecular complexity index is 1310. The highest BCUT2D eigenvalue weighted by Gasteiger charge is 2.16. The van der Waals surface area contributed by atoms with Gasteiger partial charge in [-0.3, -0.25) is 9.78 Å². The lowest BCUT2D eigenvalue weighted by Crippen LogP contribution is -2.11. The predicted octanol–water partition coefficient (Wildman–Crippen LogP) is 4.71. The average molecular weight is 463 g/mol. The van der Waals surface area contributed by atoms with E-state index in [1.807, 2.05) is 6.07 Å². The number of carbonyl (C=O) groups excluding carboxylic acids is 1. The second-order valence-electron chi connectivity index (χ2n) is 7.72. The van der Waals surface area contributed by atoms with Crippen molar-refractivity contribution in [3.05, 3.63) is 66.5 Å². The minimum Gasteiger partial charge on any atom is -0.494 e. The van der Waals surface area contributed by atoms with E-state index in [1.165, 1.54) is 19.2 Å². The number of methoxy groups -OCH3 is 1. The van der Waals surface area contributed by atoms with Gasteiger partial charge in [-0.2, -0.15) is 0 Å². The van der Waals surface area contributed by atoms with Gasteiger partial charge >= 0.3 is 0 Å². The Balaban J connectivity index is 1.82. The molecule has 4 rings (SSSR count). The number of aromatic nitrogens is 3. The standard InChI is InChI=1S/C25H23F2N5O2/c1-34-21-12-17(16-9-18(26)13-19(27)10-16)11-20-23(21)31-24(15-5-4-7-29-14-15)32-25(20)30-8-3-2-6-22(28)33/h4-5,7,9-14H,2-3,6,8H2,1H3,(H2,28,33)(H,30,31,32). The molecule has 0 fully saturated rings. The summed E-state index contributed by atoms with van der Waals surface area (Å²) in [7, 11) is 1.51. The van der Waals surface area contributed by atoms with Gasteiger partial charge in [0.25, 0.3) is 0 Å². The molecule has 2 aromatic heterocycles. The van der Waals surface area contributed by atoms with Crippen LogP contribution in [0.15, 0.2) is 54.9 Å². The molecule has 0 unspecified atom stereocenters. The smallest absolute Gasteiger partial charge is 0.217 e. The monoisotopic (exact) mass is 463 g/mol. The summed E-state index contributed by atoms with van der Waals surface area (Å²) >= 11 is 0. The maximum Gasteiger partial charge on any atom is 0.217 e. The molecule has 0 radical (unpaired) electrons. The Morgan fingerprint density at radius 1 is 1.03 bits per heavy atom. The lowest BCUT2D eigenvalue weighted by molar-refractivity contribution is -0.118. The zero-order chi connectivity index (χ0) is 24.1. The zero-order valence-electron chi connectivity index (χ0n) is 18.5. The van der Waals surface area contributed by atoms with Crippen molar-refractivity contribution in [3.63, 3.8) is 0 Å². The number of nitrogens with zero attached hydrogens (tertiary/aromatic N) is 3. The molecule has 2 aromatic carbocycles. The van der Waals surface area contributed by atoms with Crippen LogP contribution in [-0.4, -0.2) is 34.5 Å². The molecule has 1 amide bonds. The summed E-state index contributed by atoms with van der Waals surface area (Å²) in [5, 5.41) is 3.92. The number of carbonyl (C=O) groups is 1. The van der Waals surface area contributed by atoms with Crippen LogP contribution in [0.5, 0.6) is 5.75 Å². The van der Waals surface area contributed by atoms with Gasteiger partial charge in [0.15, 0.2) is 5.82 Å². The van der Waals surface area contributed by atoms with E-state index in [-0.39, 0.29) is 5.91 Å². The van der Waals surface area contributed by atoms with E-state index >= 15 is 0 Å². The van der Waals surface area contributed by atoms with Crippen LogP contribution < -0.4 is 15.8 Å². The van der Waals surface area contributed by atoms with E-state index in [0.29, 0.717) is 65.2 Å². The molecule has 0 atom stereocenters. The number of amides is 1. The Morgan fingerprint density at radius 3 is 2.47 bits per heavy atom. The van der Waals surface area contributed by atoms with Crippen molar-refractivity contribution < 1.29 is 18.3 Å². The van der Waals surface area contributed by atoms with Gasteiger partial charge < -0.3 is 15.8 Å². The van der Waals surface area contributed by atoms with Gasteiger partial charge in [0.05, 0.1) is 7.11 Å². The number of pyridine rings is 1. The fourth-order valence-electron chi connectivity index (χ4n) is 3.63. The molecule has 0 saturated carbocycles. The van der Waals surface area contributed by atoms with E-state index in [4.69, 9.17) is 15.5 Å². The van der Waals surface area contributed by atoms with Crippen LogP contribution >= 0.6 is 0 Å². The number of nitrogens with one attached hydrogen (secondary N) is 1. The van der Waals surface area contributed by atoms with Crippen molar-refractivity contribution in [3.8, 4) is 28.3 Å². The third-order valence-electron chi connectivity index (χ3n) is 5.24. The first-order valence-corrected chi connectivity index (χ1v) is 10.7. The average Bonchev–Trinajstić information content (AvgIpc) is 2.82. The van der Waals surface area contributed by atoms with Gasteiger partial charge in [-0.25, -0.2) is 18.7 Å². The van der Waals surface area contributed by atoms with Gasteiger partial charge in [-0.05, 0) is 60.4 Å². The first kappa shape index (κ1) is 23.0. The number of fused-ring (bicyclic) bond motifs is 1. The summed E-state index contributed by atoms with van der Waals surface area (Å²) < 4.78 is 33.4. The largest absolute Gasteiger partial charge is 0.494 e. The second-order valence-corrected chi connectivity index (χ2v) is 7.72. The molecule has 0 spiro atoms. The Labute approximate surface area is 195 Å². The van der Waals surface area contributed by atoms with Crippen molar-refractivity contribution >= 4 is 22.6 Å². The molecule has 174 valence electrons. The third-order valence-corrected chi connectivity index (χ3v) is 5.24. The van der Waals surface area contributed by atoms with Crippen molar-refractivity contribution in [2.45, 2.75) is 19.3 Å². The first-order valence-electron chi connectivity index (χ1n) is 10.7. The molecule has 34 heavy (non-hydrogen) atoms. The molecule has 0 aliphatic heterocycles. The maximum atomic E-state index is 13.9. The fraction of sp³-hybridized carbons (Fsp3) is 0.200. The highest BCUT2D eigenvalue weighted by atomic mass is 19.1. The summed E-state index contributed by atoms with van der Waals surface area (Å²) in [5.41, 5.74) is 7.39. The van der Waals surface area contributed by atoms with Crippen LogP contribution in [0, 0.1) is 11.6 Å². The van der Waals surface area contributed by atoms with Crippen LogP contribution in [0.2, 0.25) is 0 Å². The Kier molecular flexibility index (Phi) is 6.91. The number of ether oxygens (including phenoxy) is 1. The number of halogens is 2. The summed E-state index contributed by atoms with van der Waals surface area (Å²) in [5.74, 6) is -0.289. The molecule has 0 saturated heterocycles. The molecule has 4 aromatic rings. The number of hydrogen-bond acceptors (Lipinski definition) is 6. The van der Waals surface area contributed by atoms with E-state index in [0.717, 1.165) is 11.6 Å².